The van der Waals surface area contributed by atoms with Crippen LogP contribution in [0.1, 0.15) is 24.7 Å². The number of rotatable bonds is 5. The van der Waals surface area contributed by atoms with Crippen molar-refractivity contribution in [3.63, 3.8) is 0 Å². The first-order valence-electron chi connectivity index (χ1n) is 10.2. The minimum atomic E-state index is 0.192. The molecule has 0 amide bonds. The lowest BCUT2D eigenvalue weighted by molar-refractivity contribution is 0.475. The lowest BCUT2D eigenvalue weighted by Gasteiger charge is -2.22. The van der Waals surface area contributed by atoms with Gasteiger partial charge >= 0.3 is 0 Å². The second-order valence-electron chi connectivity index (χ2n) is 7.18. The van der Waals surface area contributed by atoms with Crippen LogP contribution in [-0.4, -0.2) is 58.7 Å². The highest BCUT2D eigenvalue weighted by Crippen LogP contribution is 2.21. The van der Waals surface area contributed by atoms with Gasteiger partial charge in [-0.1, -0.05) is 36.0 Å². The van der Waals surface area contributed by atoms with Gasteiger partial charge in [0, 0.05) is 38.0 Å². The fourth-order valence-corrected chi connectivity index (χ4v) is 3.97. The lowest BCUT2D eigenvalue weighted by Crippen LogP contribution is -2.29. The van der Waals surface area contributed by atoms with E-state index in [4.69, 9.17) is 0 Å². The Kier molecular flexibility index (Phi) is 8.10. The zero-order chi connectivity index (χ0) is 21.3. The molecule has 1 aromatic carbocycles. The number of amidine groups is 1. The minimum absolute atomic E-state index is 0.192. The summed E-state index contributed by atoms with van der Waals surface area (Å²) in [5.41, 5.74) is 0.966. The van der Waals surface area contributed by atoms with Crippen LogP contribution in [0.2, 0.25) is 0 Å². The third-order valence-corrected chi connectivity index (χ3v) is 5.69. The average Bonchev–Trinajstić information content (AvgIpc) is 3.01. The molecule has 2 aromatic rings. The van der Waals surface area contributed by atoms with E-state index < -0.39 is 0 Å². The van der Waals surface area contributed by atoms with Crippen LogP contribution >= 0.6 is 11.8 Å². The van der Waals surface area contributed by atoms with E-state index in [2.05, 4.69) is 43.5 Å². The van der Waals surface area contributed by atoms with Crippen molar-refractivity contribution < 1.29 is 5.11 Å². The first-order valence-corrected chi connectivity index (χ1v) is 11.1. The number of benzene rings is 1. The number of phenolic OH excluding ortho intramolecular Hbond substituents is 1. The van der Waals surface area contributed by atoms with E-state index in [1.807, 2.05) is 31.2 Å². The molecule has 160 valence electrons. The summed E-state index contributed by atoms with van der Waals surface area (Å²) < 4.78 is 0. The lowest BCUT2D eigenvalue weighted by atomic mass is 10.2. The van der Waals surface area contributed by atoms with Crippen molar-refractivity contribution in [1.82, 2.24) is 15.3 Å². The summed E-state index contributed by atoms with van der Waals surface area (Å²) in [6, 6.07) is 9.20. The molecule has 0 aliphatic carbocycles. The maximum Gasteiger partial charge on any atom is 0.162 e. The zero-order valence-corrected chi connectivity index (χ0v) is 18.6. The standard InChI is InChI=1S/C22H30N6OS/c1-16(8-9-18-6-4-7-19(29)14-18)30-22(23-3)27-20-15-21(26-17(2)25-20)28-12-5-10-24-11-13-28/h4,6-9,14-16,24,29H,5,10-13H2,1-3H3,(H,23,25,26,27)/b9-8+. The molecule has 0 radical (unpaired) electrons. The first kappa shape index (κ1) is 22.1. The highest BCUT2D eigenvalue weighted by molar-refractivity contribution is 8.14. The Bertz CT molecular complexity index is 893. The van der Waals surface area contributed by atoms with Gasteiger partial charge < -0.3 is 20.6 Å². The number of hydrogen-bond donors (Lipinski definition) is 3. The molecule has 1 unspecified atom stereocenters. The minimum Gasteiger partial charge on any atom is -0.508 e. The normalized spacial score (nSPS) is 16.5. The number of aliphatic imine (C=N–C) groups is 1. The van der Waals surface area contributed by atoms with Crippen LogP contribution in [0.5, 0.6) is 5.75 Å². The number of aromatic hydroxyl groups is 1. The predicted molar refractivity (Wildman–Crippen MR) is 128 cm³/mol. The van der Waals surface area contributed by atoms with Crippen LogP contribution in [0.3, 0.4) is 0 Å². The average molecular weight is 427 g/mol. The molecular formula is C22H30N6OS. The van der Waals surface area contributed by atoms with Crippen molar-refractivity contribution >= 4 is 34.6 Å². The third kappa shape index (κ3) is 6.74. The van der Waals surface area contributed by atoms with E-state index in [9.17, 15) is 5.11 Å². The van der Waals surface area contributed by atoms with Crippen molar-refractivity contribution in [2.75, 3.05) is 43.4 Å². The summed E-state index contributed by atoms with van der Waals surface area (Å²) in [5, 5.41) is 17.4. The Morgan fingerprint density at radius 3 is 2.97 bits per heavy atom. The van der Waals surface area contributed by atoms with Gasteiger partial charge in [-0.05, 0) is 44.5 Å². The van der Waals surface area contributed by atoms with E-state index in [0.29, 0.717) is 0 Å². The molecule has 8 heteroatoms. The second-order valence-corrected chi connectivity index (χ2v) is 8.55. The van der Waals surface area contributed by atoms with E-state index in [0.717, 1.165) is 60.8 Å². The maximum absolute atomic E-state index is 9.59. The summed E-state index contributed by atoms with van der Waals surface area (Å²) in [7, 11) is 1.77. The molecule has 2 heterocycles. The molecule has 1 fully saturated rings. The number of anilines is 2. The summed E-state index contributed by atoms with van der Waals surface area (Å²) >= 11 is 1.62. The van der Waals surface area contributed by atoms with Gasteiger partial charge in [0.1, 0.15) is 23.2 Å². The molecular weight excluding hydrogens is 396 g/mol. The van der Waals surface area contributed by atoms with Crippen LogP contribution in [0.25, 0.3) is 6.08 Å². The summed E-state index contributed by atoms with van der Waals surface area (Å²) in [6.45, 7) is 7.97. The van der Waals surface area contributed by atoms with Crippen molar-refractivity contribution in [3.8, 4) is 5.75 Å². The fourth-order valence-electron chi connectivity index (χ4n) is 3.19. The number of nitrogens with zero attached hydrogens (tertiary/aromatic N) is 4. The SMILES string of the molecule is CN=C(Nc1cc(N2CCCNCC2)nc(C)n1)SC(C)/C=C/c1cccc(O)c1. The van der Waals surface area contributed by atoms with Gasteiger partial charge in [-0.3, -0.25) is 4.99 Å². The van der Waals surface area contributed by atoms with Gasteiger partial charge in [0.2, 0.25) is 0 Å². The Labute approximate surface area is 182 Å². The van der Waals surface area contributed by atoms with Gasteiger partial charge in [-0.15, -0.1) is 0 Å². The molecule has 1 atom stereocenters. The molecule has 1 aliphatic heterocycles. The van der Waals surface area contributed by atoms with E-state index in [-0.39, 0.29) is 11.0 Å². The maximum atomic E-state index is 9.59. The molecule has 1 saturated heterocycles. The molecule has 3 N–H and O–H groups in total. The van der Waals surface area contributed by atoms with E-state index >= 15 is 0 Å². The van der Waals surface area contributed by atoms with Crippen LogP contribution in [0.4, 0.5) is 11.6 Å². The topological polar surface area (TPSA) is 85.7 Å². The molecule has 30 heavy (non-hydrogen) atoms. The number of aryl methyl sites for hydroxylation is 1. The molecule has 0 saturated carbocycles. The van der Waals surface area contributed by atoms with Crippen LogP contribution in [0, 0.1) is 6.92 Å². The summed E-state index contributed by atoms with van der Waals surface area (Å²) in [5.74, 6) is 2.72. The van der Waals surface area contributed by atoms with Gasteiger partial charge in [-0.25, -0.2) is 9.97 Å². The van der Waals surface area contributed by atoms with E-state index in [1.165, 1.54) is 0 Å². The van der Waals surface area contributed by atoms with Gasteiger partial charge in [-0.2, -0.15) is 0 Å². The second kappa shape index (κ2) is 11.0. The number of phenols is 1. The third-order valence-electron chi connectivity index (χ3n) is 4.65. The van der Waals surface area contributed by atoms with Gasteiger partial charge in [0.25, 0.3) is 0 Å². The monoisotopic (exact) mass is 426 g/mol. The number of thioether (sulfide) groups is 1. The largest absolute Gasteiger partial charge is 0.508 e. The number of nitrogens with one attached hydrogen (secondary N) is 2. The fraction of sp³-hybridized carbons (Fsp3) is 0.409. The highest BCUT2D eigenvalue weighted by Gasteiger charge is 2.14. The van der Waals surface area contributed by atoms with Crippen LogP contribution < -0.4 is 15.5 Å². The van der Waals surface area contributed by atoms with Crippen molar-refractivity contribution in [2.24, 2.45) is 4.99 Å². The molecule has 3 rings (SSSR count). The Morgan fingerprint density at radius 1 is 1.30 bits per heavy atom. The summed E-state index contributed by atoms with van der Waals surface area (Å²) in [4.78, 5) is 15.9. The molecule has 0 spiro atoms. The molecule has 1 aliphatic rings. The van der Waals surface area contributed by atoms with Crippen molar-refractivity contribution in [3.05, 3.63) is 47.8 Å². The van der Waals surface area contributed by atoms with Gasteiger partial charge in [0.05, 0.1) is 0 Å². The highest BCUT2D eigenvalue weighted by atomic mass is 32.2. The van der Waals surface area contributed by atoms with Crippen molar-refractivity contribution in [1.29, 1.82) is 0 Å². The Morgan fingerprint density at radius 2 is 2.17 bits per heavy atom. The number of aromatic nitrogens is 2. The van der Waals surface area contributed by atoms with Crippen LogP contribution in [-0.2, 0) is 0 Å². The Balaban J connectivity index is 1.65. The predicted octanol–water partition coefficient (Wildman–Crippen LogP) is 3.52. The number of hydrogen-bond acceptors (Lipinski definition) is 7. The zero-order valence-electron chi connectivity index (χ0n) is 17.8. The van der Waals surface area contributed by atoms with Crippen molar-refractivity contribution in [2.45, 2.75) is 25.5 Å². The molecule has 7 nitrogen and oxygen atoms in total. The summed E-state index contributed by atoms with van der Waals surface area (Å²) in [6.07, 6.45) is 5.20. The van der Waals surface area contributed by atoms with E-state index in [1.54, 1.807) is 30.9 Å². The van der Waals surface area contributed by atoms with Gasteiger partial charge in [0.15, 0.2) is 5.17 Å². The quantitative estimate of drug-likeness (QED) is 0.498. The Hall–Kier alpha value is -2.58. The van der Waals surface area contributed by atoms with Crippen LogP contribution in [0.15, 0.2) is 41.4 Å². The molecule has 1 aromatic heterocycles. The smallest absolute Gasteiger partial charge is 0.162 e. The first-order chi connectivity index (χ1) is 14.5. The molecule has 0 bridgehead atoms.